The lowest BCUT2D eigenvalue weighted by Gasteiger charge is -2.08. The van der Waals surface area contributed by atoms with Crippen LogP contribution in [0.25, 0.3) is 16.3 Å². The van der Waals surface area contributed by atoms with Gasteiger partial charge in [-0.25, -0.2) is 22.0 Å². The van der Waals surface area contributed by atoms with Crippen molar-refractivity contribution in [2.24, 2.45) is 0 Å². The highest BCUT2D eigenvalue weighted by Crippen LogP contribution is 2.23. The maximum atomic E-state index is 13.8. The molecule has 0 bridgehead atoms. The molecule has 0 amide bonds. The molecule has 1 N–H and O–H groups in total. The lowest BCUT2D eigenvalue weighted by molar-refractivity contribution is 0.385. The average molecular weight is 447 g/mol. The average Bonchev–Trinajstić information content (AvgIpc) is 3.29. The second kappa shape index (κ2) is 8.13. The molecule has 0 aliphatic heterocycles. The van der Waals surface area contributed by atoms with Crippen molar-refractivity contribution in [1.82, 2.24) is 19.3 Å². The molecule has 0 unspecified atom stereocenters. The number of rotatable bonds is 7. The van der Waals surface area contributed by atoms with Crippen molar-refractivity contribution in [3.8, 4) is 17.1 Å². The first-order valence-electron chi connectivity index (χ1n) is 9.11. The van der Waals surface area contributed by atoms with Gasteiger partial charge in [0.1, 0.15) is 0 Å². The van der Waals surface area contributed by atoms with Gasteiger partial charge >= 0.3 is 0 Å². The third-order valence-corrected chi connectivity index (χ3v) is 6.86. The molecule has 0 fully saturated rings. The van der Waals surface area contributed by atoms with Crippen LogP contribution in [0.3, 0.4) is 0 Å². The van der Waals surface area contributed by atoms with Crippen LogP contribution in [0.1, 0.15) is 11.3 Å². The van der Waals surface area contributed by atoms with Crippen LogP contribution in [0, 0.1) is 12.7 Å². The van der Waals surface area contributed by atoms with E-state index in [9.17, 15) is 12.8 Å². The zero-order valence-electron chi connectivity index (χ0n) is 16.3. The number of methoxy groups -OCH3 is 1. The number of ether oxygens (including phenoxy) is 1. The van der Waals surface area contributed by atoms with Gasteiger partial charge in [0.2, 0.25) is 15.0 Å². The molecule has 2 aromatic heterocycles. The van der Waals surface area contributed by atoms with Gasteiger partial charge in [0, 0.05) is 23.9 Å². The monoisotopic (exact) mass is 446 g/mol. The highest BCUT2D eigenvalue weighted by Gasteiger charge is 2.17. The maximum absolute atomic E-state index is 13.8. The Balaban J connectivity index is 1.48. The molecule has 0 aliphatic carbocycles. The van der Waals surface area contributed by atoms with E-state index in [-0.39, 0.29) is 17.2 Å². The Bertz CT molecular complexity index is 1310. The molecule has 0 atom stereocenters. The van der Waals surface area contributed by atoms with Gasteiger partial charge in [-0.1, -0.05) is 23.8 Å². The van der Waals surface area contributed by atoms with Crippen molar-refractivity contribution in [3.63, 3.8) is 0 Å². The van der Waals surface area contributed by atoms with Crippen molar-refractivity contribution in [2.75, 3.05) is 13.7 Å². The van der Waals surface area contributed by atoms with E-state index in [1.54, 1.807) is 4.52 Å². The first-order valence-corrected chi connectivity index (χ1v) is 11.5. The molecule has 7 nitrogen and oxygen atoms in total. The number of thiazole rings is 1. The van der Waals surface area contributed by atoms with Gasteiger partial charge in [0.25, 0.3) is 0 Å². The van der Waals surface area contributed by atoms with Crippen LogP contribution in [0.4, 0.5) is 4.39 Å². The summed E-state index contributed by atoms with van der Waals surface area (Å²) in [7, 11) is -2.52. The largest absolute Gasteiger partial charge is 0.494 e. The normalized spacial score (nSPS) is 11.8. The van der Waals surface area contributed by atoms with E-state index >= 15 is 0 Å². The molecule has 0 saturated carbocycles. The van der Waals surface area contributed by atoms with Crippen molar-refractivity contribution in [1.29, 1.82) is 0 Å². The van der Waals surface area contributed by atoms with Gasteiger partial charge in [0.15, 0.2) is 17.4 Å². The minimum Gasteiger partial charge on any atom is -0.494 e. The standard InChI is InChI=1S/C20H19FN4O3S2/c1-13-4-3-5-14(10-13)19-23-20-25(24-19)15(12-29-20)8-9-22-30(26,27)16-6-7-18(28-2)17(21)11-16/h3-7,10-12,22H,8-9H2,1-2H3. The minimum atomic E-state index is -3.84. The topological polar surface area (TPSA) is 85.6 Å². The van der Waals surface area contributed by atoms with Crippen LogP contribution in [0.2, 0.25) is 0 Å². The van der Waals surface area contributed by atoms with Crippen LogP contribution in [-0.4, -0.2) is 36.7 Å². The van der Waals surface area contributed by atoms with E-state index in [0.717, 1.165) is 27.8 Å². The number of halogens is 1. The SMILES string of the molecule is COc1ccc(S(=O)(=O)NCCc2csc3nc(-c4cccc(C)c4)nn23)cc1F. The van der Waals surface area contributed by atoms with Gasteiger partial charge in [0.05, 0.1) is 17.7 Å². The lowest BCUT2D eigenvalue weighted by Crippen LogP contribution is -2.26. The van der Waals surface area contributed by atoms with E-state index in [2.05, 4.69) is 14.8 Å². The summed E-state index contributed by atoms with van der Waals surface area (Å²) >= 11 is 1.44. The molecular formula is C20H19FN4O3S2. The van der Waals surface area contributed by atoms with Gasteiger partial charge in [-0.05, 0) is 31.2 Å². The number of aryl methyl sites for hydroxylation is 1. The summed E-state index contributed by atoms with van der Waals surface area (Å²) in [6.07, 6.45) is 0.411. The molecule has 4 aromatic rings. The molecule has 0 radical (unpaired) electrons. The highest BCUT2D eigenvalue weighted by molar-refractivity contribution is 7.89. The summed E-state index contributed by atoms with van der Waals surface area (Å²) in [5.41, 5.74) is 2.89. The molecule has 10 heteroatoms. The Morgan fingerprint density at radius 1 is 1.23 bits per heavy atom. The summed E-state index contributed by atoms with van der Waals surface area (Å²) in [5, 5.41) is 6.46. The fourth-order valence-electron chi connectivity index (χ4n) is 3.01. The number of nitrogens with one attached hydrogen (secondary N) is 1. The zero-order valence-corrected chi connectivity index (χ0v) is 17.9. The van der Waals surface area contributed by atoms with Crippen LogP contribution in [0.5, 0.6) is 5.75 Å². The Morgan fingerprint density at radius 3 is 2.80 bits per heavy atom. The first kappa shape index (κ1) is 20.5. The molecule has 0 aliphatic rings. The number of hydrogen-bond acceptors (Lipinski definition) is 6. The number of nitrogens with zero attached hydrogens (tertiary/aromatic N) is 3. The number of aromatic nitrogens is 3. The van der Waals surface area contributed by atoms with E-state index in [0.29, 0.717) is 12.2 Å². The Hall–Kier alpha value is -2.82. The maximum Gasteiger partial charge on any atom is 0.240 e. The number of hydrogen-bond donors (Lipinski definition) is 1. The fraction of sp³-hybridized carbons (Fsp3) is 0.200. The predicted molar refractivity (Wildman–Crippen MR) is 113 cm³/mol. The van der Waals surface area contributed by atoms with Gasteiger partial charge in [-0.2, -0.15) is 4.98 Å². The predicted octanol–water partition coefficient (Wildman–Crippen LogP) is 3.43. The molecule has 156 valence electrons. The minimum absolute atomic E-state index is 0.00906. The zero-order chi connectivity index (χ0) is 21.3. The van der Waals surface area contributed by atoms with E-state index in [4.69, 9.17) is 4.74 Å². The Morgan fingerprint density at radius 2 is 2.07 bits per heavy atom. The summed E-state index contributed by atoms with van der Waals surface area (Å²) in [5.74, 6) is -0.113. The molecule has 4 rings (SSSR count). The summed E-state index contributed by atoms with van der Waals surface area (Å²) in [6, 6.07) is 11.5. The van der Waals surface area contributed by atoms with Gasteiger partial charge in [-0.15, -0.1) is 16.4 Å². The fourth-order valence-corrected chi connectivity index (χ4v) is 4.91. The van der Waals surface area contributed by atoms with Gasteiger partial charge < -0.3 is 4.74 Å². The Labute approximate surface area is 177 Å². The number of benzene rings is 2. The quantitative estimate of drug-likeness (QED) is 0.470. The molecule has 0 saturated heterocycles. The number of fused-ring (bicyclic) bond motifs is 1. The van der Waals surface area contributed by atoms with Crippen LogP contribution < -0.4 is 9.46 Å². The van der Waals surface area contributed by atoms with E-state index in [1.165, 1.54) is 30.6 Å². The molecule has 0 spiro atoms. The third kappa shape index (κ3) is 4.07. The van der Waals surface area contributed by atoms with Crippen molar-refractivity contribution >= 4 is 26.3 Å². The summed E-state index contributed by atoms with van der Waals surface area (Å²) < 4.78 is 47.8. The molecular weight excluding hydrogens is 427 g/mol. The molecule has 30 heavy (non-hydrogen) atoms. The molecule has 2 heterocycles. The van der Waals surface area contributed by atoms with Crippen molar-refractivity contribution in [2.45, 2.75) is 18.2 Å². The van der Waals surface area contributed by atoms with Crippen molar-refractivity contribution in [3.05, 3.63) is 64.9 Å². The summed E-state index contributed by atoms with van der Waals surface area (Å²) in [6.45, 7) is 2.15. The van der Waals surface area contributed by atoms with Crippen LogP contribution in [-0.2, 0) is 16.4 Å². The van der Waals surface area contributed by atoms with Gasteiger partial charge in [-0.3, -0.25) is 0 Å². The molecule has 2 aromatic carbocycles. The third-order valence-electron chi connectivity index (χ3n) is 4.53. The van der Waals surface area contributed by atoms with Crippen LogP contribution >= 0.6 is 11.3 Å². The Kier molecular flexibility index (Phi) is 5.54. The summed E-state index contributed by atoms with van der Waals surface area (Å²) in [4.78, 5) is 5.14. The second-order valence-corrected chi connectivity index (χ2v) is 9.27. The van der Waals surface area contributed by atoms with Crippen LogP contribution in [0.15, 0.2) is 52.7 Å². The van der Waals surface area contributed by atoms with E-state index in [1.807, 2.05) is 36.6 Å². The van der Waals surface area contributed by atoms with Crippen molar-refractivity contribution < 1.29 is 17.5 Å². The number of sulfonamides is 1. The van der Waals surface area contributed by atoms with E-state index < -0.39 is 15.8 Å². The smallest absolute Gasteiger partial charge is 0.240 e. The highest BCUT2D eigenvalue weighted by atomic mass is 32.2. The lowest BCUT2D eigenvalue weighted by atomic mass is 10.1. The second-order valence-electron chi connectivity index (χ2n) is 6.67. The first-order chi connectivity index (χ1) is 14.4.